The summed E-state index contributed by atoms with van der Waals surface area (Å²) in [6.07, 6.45) is 2.04. The summed E-state index contributed by atoms with van der Waals surface area (Å²) in [5.41, 5.74) is 11.8. The Labute approximate surface area is 219 Å². The topological polar surface area (TPSA) is 35.2 Å². The second-order valence-electron chi connectivity index (χ2n) is 10.9. The zero-order valence-electron chi connectivity index (χ0n) is 22.4. The van der Waals surface area contributed by atoms with Crippen LogP contribution in [0.15, 0.2) is 96.6 Å². The molecule has 0 atom stereocenters. The van der Waals surface area contributed by atoms with E-state index in [-0.39, 0.29) is 5.04 Å². The summed E-state index contributed by atoms with van der Waals surface area (Å²) in [6, 6.07) is 29.0. The zero-order valence-corrected chi connectivity index (χ0v) is 24.4. The van der Waals surface area contributed by atoms with Crippen molar-refractivity contribution in [2.24, 2.45) is 0 Å². The van der Waals surface area contributed by atoms with Gasteiger partial charge in [0.25, 0.3) is 8.32 Å². The van der Waals surface area contributed by atoms with Crippen LogP contribution in [0.5, 0.6) is 0 Å². The lowest BCUT2D eigenvalue weighted by Gasteiger charge is -2.42. The Kier molecular flexibility index (Phi) is 8.82. The van der Waals surface area contributed by atoms with E-state index in [1.807, 2.05) is 30.3 Å². The van der Waals surface area contributed by atoms with Gasteiger partial charge in [0, 0.05) is 11.3 Å². The van der Waals surface area contributed by atoms with Crippen molar-refractivity contribution >= 4 is 32.5 Å². The summed E-state index contributed by atoms with van der Waals surface area (Å²) in [6.45, 7) is 14.0. The van der Waals surface area contributed by atoms with Crippen molar-refractivity contribution in [1.82, 2.24) is 0 Å². The zero-order chi connectivity index (χ0) is 26.2. The van der Waals surface area contributed by atoms with Crippen LogP contribution in [-0.2, 0) is 4.43 Å². The largest absolute Gasteiger partial charge is 0.404 e. The van der Waals surface area contributed by atoms with Gasteiger partial charge in [0.1, 0.15) is 8.07 Å². The molecule has 36 heavy (non-hydrogen) atoms. The van der Waals surface area contributed by atoms with Crippen LogP contribution in [0.4, 0.5) is 5.69 Å². The van der Waals surface area contributed by atoms with Crippen LogP contribution in [0.1, 0.15) is 26.3 Å². The number of hydrogen-bond acceptors (Lipinski definition) is 2. The molecular weight excluding hydrogens is 471 g/mol. The molecule has 2 nitrogen and oxygen atoms in total. The second-order valence-corrected chi connectivity index (χ2v) is 20.0. The summed E-state index contributed by atoms with van der Waals surface area (Å²) in [5, 5.41) is 2.43. The monoisotopic (exact) mass is 507 g/mol. The first-order valence-electron chi connectivity index (χ1n) is 12.4. The Morgan fingerprint density at radius 1 is 0.806 bits per heavy atom. The molecule has 3 rings (SSSR count). The maximum absolute atomic E-state index is 7.02. The number of allylic oxidation sites excluding steroid dienone is 1. The third-order valence-corrected chi connectivity index (χ3v) is 11.7. The Morgan fingerprint density at radius 2 is 1.33 bits per heavy atom. The SMILES string of the molecule is CC(C)(C)[Si](OC/C=C(\C#Cc1ccccc1N)C#C[Si](C)(C)C)(c1ccccc1)c1ccccc1. The molecule has 0 spiro atoms. The standard InChI is InChI=1S/C32H37NOSi2/c1-32(2,3)36(29-16-9-7-10-17-29,30-18-11-8-12-19-30)34-25-23-27(24-26-35(4,5)6)21-22-28-15-13-14-20-31(28)33/h7-20,23H,25,33H2,1-6H3/b27-23+. The minimum atomic E-state index is -2.62. The first-order chi connectivity index (χ1) is 17.0. The maximum Gasteiger partial charge on any atom is 0.261 e. The molecule has 0 aliphatic heterocycles. The highest BCUT2D eigenvalue weighted by molar-refractivity contribution is 6.99. The smallest absolute Gasteiger partial charge is 0.261 e. The maximum atomic E-state index is 7.02. The number of nitrogen functional groups attached to an aromatic ring is 1. The van der Waals surface area contributed by atoms with E-state index >= 15 is 0 Å². The van der Waals surface area contributed by atoms with E-state index in [2.05, 4.69) is 124 Å². The van der Waals surface area contributed by atoms with Gasteiger partial charge in [-0.3, -0.25) is 0 Å². The highest BCUT2D eigenvalue weighted by Gasteiger charge is 2.49. The number of rotatable bonds is 5. The molecule has 0 aliphatic carbocycles. The predicted octanol–water partition coefficient (Wildman–Crippen LogP) is 6.00. The molecule has 4 heteroatoms. The number of para-hydroxylation sites is 1. The van der Waals surface area contributed by atoms with Gasteiger partial charge in [0.15, 0.2) is 0 Å². The molecule has 3 aromatic rings. The molecule has 0 saturated heterocycles. The molecule has 0 radical (unpaired) electrons. The van der Waals surface area contributed by atoms with Gasteiger partial charge in [-0.15, -0.1) is 5.54 Å². The fourth-order valence-electron chi connectivity index (χ4n) is 4.15. The number of anilines is 1. The van der Waals surface area contributed by atoms with E-state index in [0.29, 0.717) is 12.3 Å². The van der Waals surface area contributed by atoms with E-state index in [4.69, 9.17) is 10.2 Å². The lowest BCUT2D eigenvalue weighted by molar-refractivity contribution is 0.339. The van der Waals surface area contributed by atoms with Crippen molar-refractivity contribution in [3.63, 3.8) is 0 Å². The Bertz CT molecular complexity index is 1270. The van der Waals surface area contributed by atoms with Crippen molar-refractivity contribution in [3.05, 3.63) is 102 Å². The number of hydrogen-bond donors (Lipinski definition) is 1. The summed E-state index contributed by atoms with van der Waals surface area (Å²) >= 11 is 0. The van der Waals surface area contributed by atoms with Gasteiger partial charge >= 0.3 is 0 Å². The summed E-state index contributed by atoms with van der Waals surface area (Å²) < 4.78 is 7.02. The average Bonchev–Trinajstić information content (AvgIpc) is 2.84. The first-order valence-corrected chi connectivity index (χ1v) is 17.8. The molecule has 0 aromatic heterocycles. The van der Waals surface area contributed by atoms with Gasteiger partial charge in [0.05, 0.1) is 12.2 Å². The summed E-state index contributed by atoms with van der Waals surface area (Å²) in [5.74, 6) is 9.83. The van der Waals surface area contributed by atoms with E-state index in [9.17, 15) is 0 Å². The Hall–Kier alpha value is -3.29. The summed E-state index contributed by atoms with van der Waals surface area (Å²) in [4.78, 5) is 0. The third-order valence-electron chi connectivity index (χ3n) is 5.87. The van der Waals surface area contributed by atoms with Crippen LogP contribution in [0.3, 0.4) is 0 Å². The molecule has 184 valence electrons. The van der Waals surface area contributed by atoms with Crippen molar-refractivity contribution in [2.75, 3.05) is 12.3 Å². The van der Waals surface area contributed by atoms with Crippen LogP contribution >= 0.6 is 0 Å². The molecule has 0 fully saturated rings. The fourth-order valence-corrected chi connectivity index (χ4v) is 9.14. The normalized spacial score (nSPS) is 12.2. The van der Waals surface area contributed by atoms with Gasteiger partial charge in [-0.1, -0.05) is 131 Å². The highest BCUT2D eigenvalue weighted by atomic mass is 28.4. The fraction of sp³-hybridized carbons (Fsp3) is 0.250. The number of benzene rings is 3. The predicted molar refractivity (Wildman–Crippen MR) is 161 cm³/mol. The van der Waals surface area contributed by atoms with Crippen LogP contribution in [0.25, 0.3) is 0 Å². The van der Waals surface area contributed by atoms with Crippen molar-refractivity contribution in [3.8, 4) is 23.3 Å². The minimum absolute atomic E-state index is 0.0854. The van der Waals surface area contributed by atoms with Gasteiger partial charge in [-0.25, -0.2) is 0 Å². The second kappa shape index (κ2) is 11.6. The summed E-state index contributed by atoms with van der Waals surface area (Å²) in [7, 11) is -4.20. The lowest BCUT2D eigenvalue weighted by Crippen LogP contribution is -2.66. The molecule has 0 unspecified atom stereocenters. The molecular formula is C32H37NOSi2. The Morgan fingerprint density at radius 3 is 1.83 bits per heavy atom. The Balaban J connectivity index is 2.06. The average molecular weight is 508 g/mol. The number of nitrogens with two attached hydrogens (primary N) is 1. The molecule has 2 N–H and O–H groups in total. The quantitative estimate of drug-likeness (QED) is 0.261. The molecule has 3 aromatic carbocycles. The highest BCUT2D eigenvalue weighted by Crippen LogP contribution is 2.36. The van der Waals surface area contributed by atoms with Crippen molar-refractivity contribution < 1.29 is 4.43 Å². The molecule has 0 heterocycles. The van der Waals surface area contributed by atoms with Crippen LogP contribution in [-0.4, -0.2) is 23.0 Å². The lowest BCUT2D eigenvalue weighted by atomic mass is 10.1. The van der Waals surface area contributed by atoms with Crippen molar-refractivity contribution in [2.45, 2.75) is 45.5 Å². The molecule has 0 bridgehead atoms. The van der Waals surface area contributed by atoms with Gasteiger partial charge in [-0.05, 0) is 33.6 Å². The van der Waals surface area contributed by atoms with Crippen LogP contribution in [0, 0.1) is 23.3 Å². The van der Waals surface area contributed by atoms with Crippen LogP contribution < -0.4 is 16.1 Å². The first kappa shape index (κ1) is 27.3. The van der Waals surface area contributed by atoms with Crippen molar-refractivity contribution in [1.29, 1.82) is 0 Å². The van der Waals surface area contributed by atoms with Gasteiger partial charge < -0.3 is 10.2 Å². The minimum Gasteiger partial charge on any atom is -0.404 e. The third kappa shape index (κ3) is 6.89. The molecule has 0 aliphatic rings. The molecule has 0 saturated carbocycles. The van der Waals surface area contributed by atoms with E-state index in [1.165, 1.54) is 10.4 Å². The van der Waals surface area contributed by atoms with E-state index < -0.39 is 16.4 Å². The van der Waals surface area contributed by atoms with Gasteiger partial charge in [-0.2, -0.15) is 0 Å². The van der Waals surface area contributed by atoms with E-state index in [0.717, 1.165) is 11.1 Å². The van der Waals surface area contributed by atoms with E-state index in [1.54, 1.807) is 0 Å². The molecule has 0 amide bonds. The van der Waals surface area contributed by atoms with Gasteiger partial charge in [0.2, 0.25) is 0 Å². The van der Waals surface area contributed by atoms with Crippen LogP contribution in [0.2, 0.25) is 24.7 Å².